The summed E-state index contributed by atoms with van der Waals surface area (Å²) in [6, 6.07) is 23.5. The summed E-state index contributed by atoms with van der Waals surface area (Å²) in [5.74, 6) is 0.114. The average Bonchev–Trinajstić information content (AvgIpc) is 3.45. The number of ether oxygens (including phenoxy) is 2. The molecule has 224 valence electrons. The summed E-state index contributed by atoms with van der Waals surface area (Å²) in [6.45, 7) is 11.8. The summed E-state index contributed by atoms with van der Waals surface area (Å²) in [5.41, 5.74) is 5.48. The summed E-state index contributed by atoms with van der Waals surface area (Å²) in [5, 5.41) is 2.33. The molecule has 8 heteroatoms. The van der Waals surface area contributed by atoms with Crippen LogP contribution >= 0.6 is 11.3 Å². The molecule has 7 nitrogen and oxygen atoms in total. The number of aromatic nitrogens is 2. The molecule has 0 radical (unpaired) electrons. The highest BCUT2D eigenvalue weighted by molar-refractivity contribution is 7.07. The van der Waals surface area contributed by atoms with Gasteiger partial charge in [-0.3, -0.25) is 9.36 Å². The van der Waals surface area contributed by atoms with Crippen molar-refractivity contribution in [3.63, 3.8) is 0 Å². The van der Waals surface area contributed by atoms with Gasteiger partial charge in [-0.25, -0.2) is 9.79 Å². The van der Waals surface area contributed by atoms with Crippen LogP contribution in [0.1, 0.15) is 56.3 Å². The van der Waals surface area contributed by atoms with E-state index in [9.17, 15) is 9.59 Å². The molecule has 0 bridgehead atoms. The number of rotatable bonds is 7. The first kappa shape index (κ1) is 29.4. The Bertz CT molecular complexity index is 2130. The van der Waals surface area contributed by atoms with E-state index in [4.69, 9.17) is 14.5 Å². The summed E-state index contributed by atoms with van der Waals surface area (Å²) >= 11 is 1.32. The number of esters is 1. The molecule has 0 saturated carbocycles. The van der Waals surface area contributed by atoms with Gasteiger partial charge in [0.25, 0.3) is 5.56 Å². The highest BCUT2D eigenvalue weighted by Crippen LogP contribution is 2.36. The number of para-hydroxylation sites is 1. The number of fused-ring (bicyclic) bond motifs is 2. The normalized spacial score (nSPS) is 15.1. The van der Waals surface area contributed by atoms with E-state index in [1.54, 1.807) is 18.4 Å². The van der Waals surface area contributed by atoms with Crippen molar-refractivity contribution < 1.29 is 14.3 Å². The van der Waals surface area contributed by atoms with Crippen molar-refractivity contribution in [2.24, 2.45) is 4.99 Å². The fourth-order valence-electron chi connectivity index (χ4n) is 6.00. The summed E-state index contributed by atoms with van der Waals surface area (Å²) in [7, 11) is 0. The number of aryl methyl sites for hydroxylation is 1. The Kier molecular flexibility index (Phi) is 7.86. The van der Waals surface area contributed by atoms with Gasteiger partial charge < -0.3 is 14.0 Å². The molecule has 0 fully saturated rings. The van der Waals surface area contributed by atoms with E-state index in [0.717, 1.165) is 28.0 Å². The lowest BCUT2D eigenvalue weighted by molar-refractivity contribution is -0.139. The van der Waals surface area contributed by atoms with Crippen LogP contribution in [-0.4, -0.2) is 27.8 Å². The van der Waals surface area contributed by atoms with Crippen LogP contribution < -0.4 is 19.6 Å². The number of hydrogen-bond acceptors (Lipinski definition) is 6. The molecule has 1 atom stereocenters. The zero-order valence-corrected chi connectivity index (χ0v) is 26.6. The standard InChI is InChI=1S/C36H35N3O4S/c1-7-42-35(41)32-23(5)37-36-39(33(32)28-16-10-11-18-30(28)43-21(2)3)34(40)31(44-36)20-26-19-22(4)38(24(26)6)29-17-12-14-25-13-8-9-15-27(25)29/h8-21,33H,7H2,1-6H3/b31-20+/t33-/m0/s1. The number of hydrogen-bond donors (Lipinski definition) is 0. The van der Waals surface area contributed by atoms with Crippen molar-refractivity contribution in [1.29, 1.82) is 0 Å². The molecule has 2 aromatic heterocycles. The fraction of sp³-hybridized carbons (Fsp3) is 0.250. The third-order valence-corrected chi connectivity index (χ3v) is 8.84. The lowest BCUT2D eigenvalue weighted by Crippen LogP contribution is -2.40. The van der Waals surface area contributed by atoms with Crippen molar-refractivity contribution in [2.45, 2.75) is 53.7 Å². The number of thiazole rings is 1. The molecular weight excluding hydrogens is 570 g/mol. The Morgan fingerprint density at radius 3 is 2.52 bits per heavy atom. The summed E-state index contributed by atoms with van der Waals surface area (Å²) < 4.78 is 16.0. The van der Waals surface area contributed by atoms with Gasteiger partial charge in [0.15, 0.2) is 4.80 Å². The van der Waals surface area contributed by atoms with Crippen molar-refractivity contribution in [3.8, 4) is 11.4 Å². The van der Waals surface area contributed by atoms with E-state index in [1.807, 2.05) is 50.3 Å². The van der Waals surface area contributed by atoms with Crippen molar-refractivity contribution in [1.82, 2.24) is 9.13 Å². The fourth-order valence-corrected chi connectivity index (χ4v) is 7.04. The Morgan fingerprint density at radius 2 is 1.75 bits per heavy atom. The second-order valence-corrected chi connectivity index (χ2v) is 12.2. The predicted molar refractivity (Wildman–Crippen MR) is 175 cm³/mol. The van der Waals surface area contributed by atoms with E-state index < -0.39 is 12.0 Å². The van der Waals surface area contributed by atoms with E-state index in [1.165, 1.54) is 16.7 Å². The molecule has 0 spiro atoms. The minimum absolute atomic E-state index is 0.0971. The van der Waals surface area contributed by atoms with Crippen LogP contribution in [0.15, 0.2) is 93.9 Å². The van der Waals surface area contributed by atoms with Crippen LogP contribution in [0.4, 0.5) is 0 Å². The quantitative estimate of drug-likeness (QED) is 0.209. The van der Waals surface area contributed by atoms with E-state index in [2.05, 4.69) is 60.9 Å². The van der Waals surface area contributed by atoms with Crippen molar-refractivity contribution in [2.75, 3.05) is 6.61 Å². The van der Waals surface area contributed by atoms with Gasteiger partial charge in [0, 0.05) is 22.3 Å². The molecule has 3 aromatic carbocycles. The predicted octanol–water partition coefficient (Wildman–Crippen LogP) is 6.15. The van der Waals surface area contributed by atoms with E-state index in [-0.39, 0.29) is 18.3 Å². The molecular formula is C36H35N3O4S. The van der Waals surface area contributed by atoms with Crippen LogP contribution in [-0.2, 0) is 9.53 Å². The number of carbonyl (C=O) groups excluding carboxylic acids is 1. The topological polar surface area (TPSA) is 74.8 Å². The number of benzene rings is 3. The van der Waals surface area contributed by atoms with Gasteiger partial charge >= 0.3 is 5.97 Å². The van der Waals surface area contributed by atoms with Crippen molar-refractivity contribution in [3.05, 3.63) is 126 Å². The van der Waals surface area contributed by atoms with Gasteiger partial charge in [0.1, 0.15) is 11.8 Å². The molecule has 6 rings (SSSR count). The number of allylic oxidation sites excluding steroid dienone is 1. The van der Waals surface area contributed by atoms with Crippen LogP contribution in [0.3, 0.4) is 0 Å². The zero-order valence-electron chi connectivity index (χ0n) is 25.8. The smallest absolute Gasteiger partial charge is 0.338 e. The van der Waals surface area contributed by atoms with Gasteiger partial charge in [0.2, 0.25) is 0 Å². The van der Waals surface area contributed by atoms with Gasteiger partial charge in [-0.2, -0.15) is 0 Å². The summed E-state index contributed by atoms with van der Waals surface area (Å²) in [4.78, 5) is 32.9. The molecule has 5 aromatic rings. The van der Waals surface area contributed by atoms with E-state index in [0.29, 0.717) is 31.9 Å². The molecule has 1 aliphatic rings. The first-order chi connectivity index (χ1) is 21.2. The SMILES string of the molecule is CCOC(=O)C1=C(C)N=c2s/c(=C/c3cc(C)n(-c4cccc5ccccc45)c3C)c(=O)n2[C@H]1c1ccccc1OC(C)C. The largest absolute Gasteiger partial charge is 0.491 e. The minimum atomic E-state index is -0.745. The molecule has 0 N–H and O–H groups in total. The van der Waals surface area contributed by atoms with Gasteiger partial charge in [-0.1, -0.05) is 65.9 Å². The third-order valence-electron chi connectivity index (χ3n) is 7.86. The Morgan fingerprint density at radius 1 is 1.02 bits per heavy atom. The molecule has 0 saturated heterocycles. The molecule has 1 aliphatic heterocycles. The lowest BCUT2D eigenvalue weighted by Gasteiger charge is -2.26. The Hall–Kier alpha value is -4.69. The zero-order chi connectivity index (χ0) is 31.1. The second kappa shape index (κ2) is 11.8. The highest BCUT2D eigenvalue weighted by Gasteiger charge is 2.35. The lowest BCUT2D eigenvalue weighted by atomic mass is 9.95. The summed E-state index contributed by atoms with van der Waals surface area (Å²) in [6.07, 6.45) is 1.84. The highest BCUT2D eigenvalue weighted by atomic mass is 32.1. The third kappa shape index (κ3) is 5.09. The van der Waals surface area contributed by atoms with E-state index >= 15 is 0 Å². The van der Waals surface area contributed by atoms with Crippen LogP contribution in [0, 0.1) is 13.8 Å². The molecule has 44 heavy (non-hydrogen) atoms. The van der Waals surface area contributed by atoms with Gasteiger partial charge in [-0.15, -0.1) is 0 Å². The molecule has 0 unspecified atom stereocenters. The average molecular weight is 606 g/mol. The molecule has 0 aliphatic carbocycles. The maximum Gasteiger partial charge on any atom is 0.338 e. The number of carbonyl (C=O) groups is 1. The van der Waals surface area contributed by atoms with Gasteiger partial charge in [-0.05, 0) is 76.8 Å². The second-order valence-electron chi connectivity index (χ2n) is 11.2. The van der Waals surface area contributed by atoms with Gasteiger partial charge in [0.05, 0.1) is 34.2 Å². The Labute approximate surface area is 260 Å². The molecule has 3 heterocycles. The van der Waals surface area contributed by atoms with Crippen LogP contribution in [0.2, 0.25) is 0 Å². The molecule has 0 amide bonds. The Balaban J connectivity index is 1.54. The van der Waals surface area contributed by atoms with Crippen LogP contribution in [0.25, 0.3) is 22.5 Å². The monoisotopic (exact) mass is 605 g/mol. The van der Waals surface area contributed by atoms with Crippen molar-refractivity contribution >= 4 is 34.2 Å². The minimum Gasteiger partial charge on any atom is -0.491 e. The maximum atomic E-state index is 14.3. The van der Waals surface area contributed by atoms with Crippen LogP contribution in [0.5, 0.6) is 5.75 Å². The first-order valence-corrected chi connectivity index (χ1v) is 15.6. The number of nitrogens with zero attached hydrogens (tertiary/aromatic N) is 3. The first-order valence-electron chi connectivity index (χ1n) is 14.8. The maximum absolute atomic E-state index is 14.3.